The average molecular weight is 325 g/mol. The maximum absolute atomic E-state index is 11.3. The minimum atomic E-state index is -0.628. The summed E-state index contributed by atoms with van der Waals surface area (Å²) in [5.41, 5.74) is -0.628. The molecule has 0 saturated carbocycles. The van der Waals surface area contributed by atoms with Crippen molar-refractivity contribution in [2.45, 2.75) is 38.0 Å². The summed E-state index contributed by atoms with van der Waals surface area (Å²) >= 11 is 1.66. The summed E-state index contributed by atoms with van der Waals surface area (Å²) in [7, 11) is 0. The first-order valence-electron chi connectivity index (χ1n) is 8.08. The zero-order chi connectivity index (χ0) is 15.2. The molecule has 1 aromatic rings. The molecule has 3 aliphatic rings. The number of fused-ring (bicyclic) bond motifs is 3. The fraction of sp³-hybridized carbons (Fsp3) is 0.867. The molecule has 6 nitrogen and oxygen atoms in total. The Kier molecular flexibility index (Phi) is 3.94. The second kappa shape index (κ2) is 5.79. The van der Waals surface area contributed by atoms with Gasteiger partial charge < -0.3 is 14.6 Å². The molecule has 0 unspecified atom stereocenters. The Bertz CT molecular complexity index is 540. The largest absolute Gasteiger partial charge is 0.389 e. The van der Waals surface area contributed by atoms with Gasteiger partial charge in [-0.25, -0.2) is 0 Å². The van der Waals surface area contributed by atoms with Crippen LogP contribution in [-0.2, 0) is 16.0 Å². The van der Waals surface area contributed by atoms with Gasteiger partial charge in [0.2, 0.25) is 0 Å². The predicted molar refractivity (Wildman–Crippen MR) is 81.6 cm³/mol. The Balaban J connectivity index is 1.59. The van der Waals surface area contributed by atoms with Crippen molar-refractivity contribution < 1.29 is 14.6 Å². The first-order chi connectivity index (χ1) is 10.7. The second-order valence-corrected chi connectivity index (χ2v) is 7.96. The molecule has 7 heteroatoms. The number of likely N-dealkylation sites (tertiary alicyclic amines) is 1. The van der Waals surface area contributed by atoms with Crippen molar-refractivity contribution in [3.8, 4) is 0 Å². The quantitative estimate of drug-likeness (QED) is 0.869. The molecule has 4 rings (SSSR count). The van der Waals surface area contributed by atoms with E-state index in [0.717, 1.165) is 42.6 Å². The van der Waals surface area contributed by atoms with Crippen molar-refractivity contribution in [2.24, 2.45) is 11.8 Å². The molecule has 0 aromatic carbocycles. The van der Waals surface area contributed by atoms with E-state index in [4.69, 9.17) is 9.47 Å². The third-order valence-corrected chi connectivity index (χ3v) is 6.29. The van der Waals surface area contributed by atoms with Crippen LogP contribution in [0.5, 0.6) is 0 Å². The van der Waals surface area contributed by atoms with Gasteiger partial charge in [0.05, 0.1) is 25.4 Å². The minimum Gasteiger partial charge on any atom is -0.389 e. The Morgan fingerprint density at radius 2 is 2.18 bits per heavy atom. The standard InChI is InChI=1S/C15H23N3O3S/c1-10-16-17-14(22-10)7-18-6-11-8-21-5-3-15(11,19)12-9-20-4-2-13(12)18/h11-13,19H,2-9H2,1H3/t11-,12+,13-,15-/m1/s1. The normalized spacial score (nSPS) is 39.3. The highest BCUT2D eigenvalue weighted by molar-refractivity contribution is 7.11. The van der Waals surface area contributed by atoms with Crippen LogP contribution in [-0.4, -0.2) is 64.8 Å². The smallest absolute Gasteiger partial charge is 0.131 e. The Labute approximate surface area is 134 Å². The highest BCUT2D eigenvalue weighted by atomic mass is 32.1. The highest BCUT2D eigenvalue weighted by Crippen LogP contribution is 2.44. The SMILES string of the molecule is Cc1nnc(CN2C[C@@H]3COCC[C@]3(O)[C@H]3COCC[C@H]32)s1. The van der Waals surface area contributed by atoms with Crippen molar-refractivity contribution in [1.82, 2.24) is 15.1 Å². The number of aromatic nitrogens is 2. The Morgan fingerprint density at radius 3 is 3.00 bits per heavy atom. The van der Waals surface area contributed by atoms with Crippen LogP contribution in [0.25, 0.3) is 0 Å². The number of hydrogen-bond donors (Lipinski definition) is 1. The molecule has 0 amide bonds. The molecule has 0 radical (unpaired) electrons. The number of piperidine rings is 1. The van der Waals surface area contributed by atoms with Crippen LogP contribution < -0.4 is 0 Å². The van der Waals surface area contributed by atoms with Crippen molar-refractivity contribution in [3.05, 3.63) is 10.0 Å². The van der Waals surface area contributed by atoms with Gasteiger partial charge in [0.25, 0.3) is 0 Å². The van der Waals surface area contributed by atoms with Gasteiger partial charge in [-0.3, -0.25) is 4.90 Å². The van der Waals surface area contributed by atoms with Gasteiger partial charge in [-0.15, -0.1) is 21.5 Å². The summed E-state index contributed by atoms with van der Waals surface area (Å²) in [6.45, 7) is 6.42. The molecule has 0 spiro atoms. The molecular weight excluding hydrogens is 302 g/mol. The van der Waals surface area contributed by atoms with Gasteiger partial charge in [0.15, 0.2) is 0 Å². The van der Waals surface area contributed by atoms with Gasteiger partial charge in [0.1, 0.15) is 10.0 Å². The number of rotatable bonds is 2. The van der Waals surface area contributed by atoms with E-state index in [1.54, 1.807) is 11.3 Å². The van der Waals surface area contributed by atoms with Crippen molar-refractivity contribution in [2.75, 3.05) is 33.0 Å². The zero-order valence-electron chi connectivity index (χ0n) is 12.9. The number of nitrogens with zero attached hydrogens (tertiary/aromatic N) is 3. The van der Waals surface area contributed by atoms with E-state index in [2.05, 4.69) is 15.1 Å². The third-order valence-electron chi connectivity index (χ3n) is 5.46. The number of aryl methyl sites for hydroxylation is 1. The number of ether oxygens (including phenoxy) is 2. The van der Waals surface area contributed by atoms with Crippen molar-refractivity contribution in [1.29, 1.82) is 0 Å². The lowest BCUT2D eigenvalue weighted by Gasteiger charge is -2.57. The predicted octanol–water partition coefficient (Wildman–Crippen LogP) is 0.835. The summed E-state index contributed by atoms with van der Waals surface area (Å²) in [6, 6.07) is 0.373. The molecule has 3 saturated heterocycles. The topological polar surface area (TPSA) is 67.7 Å². The summed E-state index contributed by atoms with van der Waals surface area (Å²) in [5, 5.41) is 21.7. The van der Waals surface area contributed by atoms with E-state index in [9.17, 15) is 5.11 Å². The first kappa shape index (κ1) is 15.0. The van der Waals surface area contributed by atoms with E-state index in [1.807, 2.05) is 6.92 Å². The molecule has 0 bridgehead atoms. The first-order valence-corrected chi connectivity index (χ1v) is 8.89. The molecule has 3 fully saturated rings. The van der Waals surface area contributed by atoms with Crippen molar-refractivity contribution >= 4 is 11.3 Å². The molecule has 22 heavy (non-hydrogen) atoms. The van der Waals surface area contributed by atoms with E-state index < -0.39 is 5.60 Å². The van der Waals surface area contributed by atoms with Crippen molar-refractivity contribution in [3.63, 3.8) is 0 Å². The molecule has 122 valence electrons. The van der Waals surface area contributed by atoms with Crippen LogP contribution in [0.3, 0.4) is 0 Å². The summed E-state index contributed by atoms with van der Waals surface area (Å²) < 4.78 is 11.3. The van der Waals surface area contributed by atoms with Gasteiger partial charge in [-0.1, -0.05) is 0 Å². The molecular formula is C15H23N3O3S. The van der Waals surface area contributed by atoms with E-state index >= 15 is 0 Å². The lowest BCUT2D eigenvalue weighted by atomic mass is 9.66. The molecule has 1 N–H and O–H groups in total. The van der Waals surface area contributed by atoms with Gasteiger partial charge >= 0.3 is 0 Å². The van der Waals surface area contributed by atoms with E-state index in [1.165, 1.54) is 0 Å². The second-order valence-electron chi connectivity index (χ2n) is 6.69. The van der Waals surface area contributed by atoms with Crippen LogP contribution in [0.4, 0.5) is 0 Å². The fourth-order valence-corrected chi connectivity index (χ4v) is 5.06. The van der Waals surface area contributed by atoms with Crippen LogP contribution in [0, 0.1) is 18.8 Å². The van der Waals surface area contributed by atoms with E-state index in [0.29, 0.717) is 25.9 Å². The number of hydrogen-bond acceptors (Lipinski definition) is 7. The maximum atomic E-state index is 11.3. The molecule has 4 heterocycles. The monoisotopic (exact) mass is 325 g/mol. The molecule has 4 atom stereocenters. The van der Waals surface area contributed by atoms with Crippen LogP contribution in [0.2, 0.25) is 0 Å². The maximum Gasteiger partial charge on any atom is 0.131 e. The van der Waals surface area contributed by atoms with E-state index in [-0.39, 0.29) is 11.8 Å². The van der Waals surface area contributed by atoms with Gasteiger partial charge in [-0.05, 0) is 13.3 Å². The van der Waals surface area contributed by atoms with Crippen LogP contribution in [0.1, 0.15) is 22.9 Å². The lowest BCUT2D eigenvalue weighted by Crippen LogP contribution is -2.67. The zero-order valence-corrected chi connectivity index (χ0v) is 13.7. The summed E-state index contributed by atoms with van der Waals surface area (Å²) in [6.07, 6.45) is 1.71. The molecule has 0 aliphatic carbocycles. The lowest BCUT2D eigenvalue weighted by molar-refractivity contribution is -0.221. The summed E-state index contributed by atoms with van der Waals surface area (Å²) in [4.78, 5) is 2.47. The average Bonchev–Trinajstić information content (AvgIpc) is 2.94. The van der Waals surface area contributed by atoms with Crippen LogP contribution >= 0.6 is 11.3 Å². The Hall–Kier alpha value is -0.600. The number of aliphatic hydroxyl groups is 1. The third kappa shape index (κ3) is 2.49. The molecule has 3 aliphatic heterocycles. The highest BCUT2D eigenvalue weighted by Gasteiger charge is 2.55. The van der Waals surface area contributed by atoms with Gasteiger partial charge in [-0.2, -0.15) is 0 Å². The Morgan fingerprint density at radius 1 is 1.32 bits per heavy atom. The van der Waals surface area contributed by atoms with Gasteiger partial charge in [0, 0.05) is 44.1 Å². The van der Waals surface area contributed by atoms with Crippen LogP contribution in [0.15, 0.2) is 0 Å². The fourth-order valence-electron chi connectivity index (χ4n) is 4.33. The summed E-state index contributed by atoms with van der Waals surface area (Å²) in [5.74, 6) is 0.344. The minimum absolute atomic E-state index is 0.165. The molecule has 1 aromatic heterocycles.